The van der Waals surface area contributed by atoms with E-state index in [0.29, 0.717) is 0 Å². The Hall–Kier alpha value is -1.06. The zero-order chi connectivity index (χ0) is 9.68. The van der Waals surface area contributed by atoms with Gasteiger partial charge in [0.2, 0.25) is 0 Å². The van der Waals surface area contributed by atoms with Crippen LogP contribution in [0.1, 0.15) is 11.6 Å². The maximum Gasteiger partial charge on any atom is 0.118 e. The minimum absolute atomic E-state index is 0.0518. The zero-order valence-electron chi connectivity index (χ0n) is 8.08. The topological polar surface area (TPSA) is 47.3 Å². The third-order valence-corrected chi connectivity index (χ3v) is 1.97. The maximum absolute atomic E-state index is 5.89. The molecule has 0 aliphatic carbocycles. The second-order valence-corrected chi connectivity index (χ2v) is 2.94. The quantitative estimate of drug-likeness (QED) is 0.724. The minimum Gasteiger partial charge on any atom is -0.497 e. The Kier molecular flexibility index (Phi) is 3.73. The van der Waals surface area contributed by atoms with Crippen LogP contribution in [0.5, 0.6) is 5.75 Å². The molecule has 1 rings (SSSR count). The van der Waals surface area contributed by atoms with Gasteiger partial charge in [-0.05, 0) is 24.7 Å². The van der Waals surface area contributed by atoms with Gasteiger partial charge in [-0.1, -0.05) is 12.1 Å². The fourth-order valence-electron chi connectivity index (χ4n) is 1.19. The fraction of sp³-hybridized carbons (Fsp3) is 0.400. The van der Waals surface area contributed by atoms with E-state index in [9.17, 15) is 0 Å². The first kappa shape index (κ1) is 10.0. The second kappa shape index (κ2) is 4.84. The van der Waals surface area contributed by atoms with Gasteiger partial charge < -0.3 is 15.8 Å². The van der Waals surface area contributed by atoms with E-state index in [1.165, 1.54) is 0 Å². The lowest BCUT2D eigenvalue weighted by Crippen LogP contribution is -2.23. The molecule has 0 saturated carbocycles. The Morgan fingerprint density at radius 2 is 2.00 bits per heavy atom. The first-order valence-electron chi connectivity index (χ1n) is 4.32. The van der Waals surface area contributed by atoms with Gasteiger partial charge in [-0.25, -0.2) is 0 Å². The predicted molar refractivity (Wildman–Crippen MR) is 53.8 cm³/mol. The number of rotatable bonds is 4. The predicted octanol–water partition coefficient (Wildman–Crippen LogP) is 0.914. The number of hydrogen-bond donors (Lipinski definition) is 2. The summed E-state index contributed by atoms with van der Waals surface area (Å²) in [5.74, 6) is 0.861. The van der Waals surface area contributed by atoms with Crippen molar-refractivity contribution in [1.29, 1.82) is 0 Å². The summed E-state index contributed by atoms with van der Waals surface area (Å²) in [6, 6.07) is 7.87. The molecule has 3 N–H and O–H groups in total. The Labute approximate surface area is 78.9 Å². The second-order valence-electron chi connectivity index (χ2n) is 2.94. The molecule has 0 heterocycles. The molecule has 0 amide bonds. The molecule has 0 aromatic heterocycles. The van der Waals surface area contributed by atoms with Crippen molar-refractivity contribution in [2.75, 3.05) is 20.7 Å². The summed E-state index contributed by atoms with van der Waals surface area (Å²) in [5.41, 5.74) is 7.01. The highest BCUT2D eigenvalue weighted by atomic mass is 16.5. The Balaban J connectivity index is 2.67. The Morgan fingerprint density at radius 1 is 1.38 bits per heavy atom. The third kappa shape index (κ3) is 2.72. The number of benzene rings is 1. The van der Waals surface area contributed by atoms with Crippen LogP contribution in [0.3, 0.4) is 0 Å². The van der Waals surface area contributed by atoms with Crippen molar-refractivity contribution in [2.24, 2.45) is 5.73 Å². The average molecular weight is 180 g/mol. The monoisotopic (exact) mass is 180 g/mol. The average Bonchev–Trinajstić information content (AvgIpc) is 2.18. The van der Waals surface area contributed by atoms with Crippen molar-refractivity contribution >= 4 is 0 Å². The molecule has 1 unspecified atom stereocenters. The van der Waals surface area contributed by atoms with Crippen molar-refractivity contribution in [3.63, 3.8) is 0 Å². The maximum atomic E-state index is 5.89. The lowest BCUT2D eigenvalue weighted by Gasteiger charge is -2.11. The number of ether oxygens (including phenoxy) is 1. The summed E-state index contributed by atoms with van der Waals surface area (Å²) in [5, 5.41) is 3.04. The molecule has 0 spiro atoms. The van der Waals surface area contributed by atoms with Crippen LogP contribution < -0.4 is 15.8 Å². The molecule has 0 bridgehead atoms. The van der Waals surface area contributed by atoms with Crippen molar-refractivity contribution < 1.29 is 4.74 Å². The smallest absolute Gasteiger partial charge is 0.118 e. The van der Waals surface area contributed by atoms with Gasteiger partial charge in [0.1, 0.15) is 5.75 Å². The largest absolute Gasteiger partial charge is 0.497 e. The Bertz CT molecular complexity index is 246. The molecule has 72 valence electrons. The molecule has 1 aromatic rings. The summed E-state index contributed by atoms with van der Waals surface area (Å²) >= 11 is 0. The van der Waals surface area contributed by atoms with Crippen LogP contribution in [0.25, 0.3) is 0 Å². The van der Waals surface area contributed by atoms with Crippen LogP contribution >= 0.6 is 0 Å². The molecule has 3 heteroatoms. The van der Waals surface area contributed by atoms with E-state index < -0.39 is 0 Å². The normalized spacial score (nSPS) is 12.5. The number of nitrogens with two attached hydrogens (primary N) is 1. The van der Waals surface area contributed by atoms with Gasteiger partial charge in [-0.3, -0.25) is 0 Å². The summed E-state index contributed by atoms with van der Waals surface area (Å²) in [6.45, 7) is 0.784. The first-order chi connectivity index (χ1) is 6.27. The van der Waals surface area contributed by atoms with Crippen molar-refractivity contribution in [1.82, 2.24) is 5.32 Å². The molecule has 0 saturated heterocycles. The van der Waals surface area contributed by atoms with Crippen LogP contribution in [0, 0.1) is 0 Å². The van der Waals surface area contributed by atoms with Gasteiger partial charge in [0, 0.05) is 12.6 Å². The van der Waals surface area contributed by atoms with Crippen molar-refractivity contribution in [3.05, 3.63) is 29.8 Å². The summed E-state index contributed by atoms with van der Waals surface area (Å²) in [6.07, 6.45) is 0. The van der Waals surface area contributed by atoms with E-state index in [-0.39, 0.29) is 6.04 Å². The number of methoxy groups -OCH3 is 1. The standard InChI is InChI=1S/C10H16N2O/c1-12-7-10(11)8-3-5-9(13-2)6-4-8/h3-6,10,12H,7,11H2,1-2H3. The molecule has 0 radical (unpaired) electrons. The van der Waals surface area contributed by atoms with Gasteiger partial charge in [-0.15, -0.1) is 0 Å². The lowest BCUT2D eigenvalue weighted by molar-refractivity contribution is 0.414. The van der Waals surface area contributed by atoms with E-state index in [4.69, 9.17) is 10.5 Å². The number of nitrogens with one attached hydrogen (secondary N) is 1. The summed E-state index contributed by atoms with van der Waals surface area (Å²) in [7, 11) is 3.55. The molecule has 0 aliphatic rings. The van der Waals surface area contributed by atoms with Crippen molar-refractivity contribution in [2.45, 2.75) is 6.04 Å². The van der Waals surface area contributed by atoms with Crippen molar-refractivity contribution in [3.8, 4) is 5.75 Å². The van der Waals surface area contributed by atoms with Gasteiger partial charge in [0.05, 0.1) is 7.11 Å². The molecule has 3 nitrogen and oxygen atoms in total. The van der Waals surface area contributed by atoms with Crippen LogP contribution in [-0.2, 0) is 0 Å². The van der Waals surface area contributed by atoms with E-state index >= 15 is 0 Å². The van der Waals surface area contributed by atoms with E-state index in [2.05, 4.69) is 5.32 Å². The van der Waals surface area contributed by atoms with E-state index in [1.54, 1.807) is 7.11 Å². The van der Waals surface area contributed by atoms with E-state index in [1.807, 2.05) is 31.3 Å². The molecule has 1 atom stereocenters. The molecule has 0 fully saturated rings. The highest BCUT2D eigenvalue weighted by Gasteiger charge is 2.03. The molecular weight excluding hydrogens is 164 g/mol. The van der Waals surface area contributed by atoms with Crippen LogP contribution in [0.15, 0.2) is 24.3 Å². The number of hydrogen-bond acceptors (Lipinski definition) is 3. The van der Waals surface area contributed by atoms with Crippen LogP contribution in [0.2, 0.25) is 0 Å². The van der Waals surface area contributed by atoms with Gasteiger partial charge in [0.15, 0.2) is 0 Å². The SMILES string of the molecule is CNCC(N)c1ccc(OC)cc1. The highest BCUT2D eigenvalue weighted by molar-refractivity contribution is 5.29. The molecule has 1 aromatic carbocycles. The molecular formula is C10H16N2O. The van der Waals surface area contributed by atoms with E-state index in [0.717, 1.165) is 17.9 Å². The van der Waals surface area contributed by atoms with Gasteiger partial charge >= 0.3 is 0 Å². The lowest BCUT2D eigenvalue weighted by atomic mass is 10.1. The molecule has 0 aliphatic heterocycles. The zero-order valence-corrected chi connectivity index (χ0v) is 8.08. The molecule has 13 heavy (non-hydrogen) atoms. The minimum atomic E-state index is 0.0518. The number of likely N-dealkylation sites (N-methyl/N-ethyl adjacent to an activating group) is 1. The summed E-state index contributed by atoms with van der Waals surface area (Å²) in [4.78, 5) is 0. The van der Waals surface area contributed by atoms with Gasteiger partial charge in [-0.2, -0.15) is 0 Å². The fourth-order valence-corrected chi connectivity index (χ4v) is 1.19. The van der Waals surface area contributed by atoms with Crippen LogP contribution in [0.4, 0.5) is 0 Å². The first-order valence-corrected chi connectivity index (χ1v) is 4.32. The van der Waals surface area contributed by atoms with Gasteiger partial charge in [0.25, 0.3) is 0 Å². The Morgan fingerprint density at radius 3 is 2.46 bits per heavy atom. The summed E-state index contributed by atoms with van der Waals surface area (Å²) < 4.78 is 5.05. The highest BCUT2D eigenvalue weighted by Crippen LogP contribution is 2.15. The third-order valence-electron chi connectivity index (χ3n) is 1.97. The van der Waals surface area contributed by atoms with Crippen LogP contribution in [-0.4, -0.2) is 20.7 Å².